The van der Waals surface area contributed by atoms with Crippen molar-refractivity contribution in [2.45, 2.75) is 50.6 Å². The highest BCUT2D eigenvalue weighted by Gasteiger charge is 2.33. The van der Waals surface area contributed by atoms with Crippen LogP contribution >= 0.6 is 0 Å². The van der Waals surface area contributed by atoms with Gasteiger partial charge in [0, 0.05) is 25.2 Å². The predicted molar refractivity (Wildman–Crippen MR) is 77.0 cm³/mol. The van der Waals surface area contributed by atoms with Crippen LogP contribution in [0.15, 0.2) is 0 Å². The highest BCUT2D eigenvalue weighted by molar-refractivity contribution is 7.91. The highest BCUT2D eigenvalue weighted by atomic mass is 32.2. The Labute approximate surface area is 116 Å². The van der Waals surface area contributed by atoms with Gasteiger partial charge in [-0.1, -0.05) is 0 Å². The average Bonchev–Trinajstić information content (AvgIpc) is 3.03. The van der Waals surface area contributed by atoms with E-state index >= 15 is 0 Å². The minimum Gasteiger partial charge on any atom is -0.313 e. The molecule has 2 aliphatic heterocycles. The third kappa shape index (κ3) is 3.92. The predicted octanol–water partition coefficient (Wildman–Crippen LogP) is 1.03. The molecule has 5 heteroatoms. The van der Waals surface area contributed by atoms with Gasteiger partial charge in [-0.25, -0.2) is 8.42 Å². The van der Waals surface area contributed by atoms with E-state index in [2.05, 4.69) is 10.2 Å². The lowest BCUT2D eigenvalue weighted by atomic mass is 10.1. The monoisotopic (exact) mass is 286 g/mol. The summed E-state index contributed by atoms with van der Waals surface area (Å²) in [5.74, 6) is 1.69. The lowest BCUT2D eigenvalue weighted by molar-refractivity contribution is 0.161. The molecule has 1 atom stereocenters. The third-order valence-electron chi connectivity index (χ3n) is 4.85. The van der Waals surface area contributed by atoms with Crippen molar-refractivity contribution in [3.05, 3.63) is 0 Å². The van der Waals surface area contributed by atoms with Crippen molar-refractivity contribution in [1.29, 1.82) is 0 Å². The molecule has 3 fully saturated rings. The van der Waals surface area contributed by atoms with Crippen LogP contribution in [0.2, 0.25) is 0 Å². The molecule has 19 heavy (non-hydrogen) atoms. The van der Waals surface area contributed by atoms with Gasteiger partial charge in [-0.2, -0.15) is 0 Å². The van der Waals surface area contributed by atoms with Crippen LogP contribution < -0.4 is 5.32 Å². The maximum Gasteiger partial charge on any atom is 0.150 e. The van der Waals surface area contributed by atoms with Gasteiger partial charge in [0.05, 0.1) is 11.5 Å². The van der Waals surface area contributed by atoms with E-state index in [9.17, 15) is 8.42 Å². The summed E-state index contributed by atoms with van der Waals surface area (Å²) < 4.78 is 23.1. The molecule has 4 nitrogen and oxygen atoms in total. The molecule has 0 aromatic heterocycles. The smallest absolute Gasteiger partial charge is 0.150 e. The van der Waals surface area contributed by atoms with Gasteiger partial charge in [-0.05, 0) is 51.0 Å². The van der Waals surface area contributed by atoms with E-state index in [4.69, 9.17) is 0 Å². The van der Waals surface area contributed by atoms with Gasteiger partial charge >= 0.3 is 0 Å². The van der Waals surface area contributed by atoms with Gasteiger partial charge in [0.1, 0.15) is 9.84 Å². The summed E-state index contributed by atoms with van der Waals surface area (Å²) in [5, 5.41) is 3.58. The van der Waals surface area contributed by atoms with Gasteiger partial charge in [0.25, 0.3) is 0 Å². The van der Waals surface area contributed by atoms with E-state index in [1.807, 2.05) is 0 Å². The van der Waals surface area contributed by atoms with E-state index in [1.165, 1.54) is 32.2 Å². The fourth-order valence-electron chi connectivity index (χ4n) is 3.44. The van der Waals surface area contributed by atoms with Crippen molar-refractivity contribution in [3.8, 4) is 0 Å². The van der Waals surface area contributed by atoms with Crippen LogP contribution in [-0.4, -0.2) is 56.5 Å². The zero-order valence-electron chi connectivity index (χ0n) is 11.7. The first kappa shape index (κ1) is 13.8. The Morgan fingerprint density at radius 3 is 2.32 bits per heavy atom. The quantitative estimate of drug-likeness (QED) is 0.820. The molecule has 0 spiro atoms. The van der Waals surface area contributed by atoms with Crippen molar-refractivity contribution in [1.82, 2.24) is 10.2 Å². The summed E-state index contributed by atoms with van der Waals surface area (Å²) >= 11 is 0. The highest BCUT2D eigenvalue weighted by Crippen LogP contribution is 2.32. The molecular formula is C14H26N2O2S. The summed E-state index contributed by atoms with van der Waals surface area (Å²) in [4.78, 5) is 2.61. The summed E-state index contributed by atoms with van der Waals surface area (Å²) in [6, 6.07) is 1.14. The Balaban J connectivity index is 1.57. The first-order valence-electron chi connectivity index (χ1n) is 7.80. The minimum absolute atomic E-state index is 0.400. The molecule has 1 saturated carbocycles. The Morgan fingerprint density at radius 1 is 1.00 bits per heavy atom. The Kier molecular flexibility index (Phi) is 4.15. The molecule has 3 rings (SSSR count). The fourth-order valence-corrected chi connectivity index (χ4v) is 4.91. The molecular weight excluding hydrogens is 260 g/mol. The van der Waals surface area contributed by atoms with Crippen LogP contribution in [0.5, 0.6) is 0 Å². The second kappa shape index (κ2) is 5.70. The van der Waals surface area contributed by atoms with Crippen LogP contribution in [0.3, 0.4) is 0 Å². The Morgan fingerprint density at radius 2 is 1.74 bits per heavy atom. The van der Waals surface area contributed by atoms with Gasteiger partial charge in [-0.3, -0.25) is 4.90 Å². The van der Waals surface area contributed by atoms with E-state index in [-0.39, 0.29) is 0 Å². The van der Waals surface area contributed by atoms with Crippen molar-refractivity contribution in [2.24, 2.45) is 5.92 Å². The second-order valence-corrected chi connectivity index (χ2v) is 8.88. The van der Waals surface area contributed by atoms with E-state index in [1.54, 1.807) is 0 Å². The fraction of sp³-hybridized carbons (Fsp3) is 1.00. The van der Waals surface area contributed by atoms with E-state index in [0.29, 0.717) is 23.6 Å². The van der Waals surface area contributed by atoms with Crippen LogP contribution in [0.25, 0.3) is 0 Å². The molecule has 0 aromatic rings. The Hall–Kier alpha value is -0.130. The second-order valence-electron chi connectivity index (χ2n) is 6.57. The molecule has 0 radical (unpaired) electrons. The number of hydrogen-bond donors (Lipinski definition) is 1. The number of hydrogen-bond acceptors (Lipinski definition) is 4. The normalized spacial score (nSPS) is 31.9. The lowest BCUT2D eigenvalue weighted by Crippen LogP contribution is -2.47. The number of nitrogens with one attached hydrogen (secondary N) is 1. The maximum absolute atomic E-state index is 11.6. The summed E-state index contributed by atoms with van der Waals surface area (Å²) in [7, 11) is -2.73. The van der Waals surface area contributed by atoms with Gasteiger partial charge < -0.3 is 5.32 Å². The van der Waals surface area contributed by atoms with Gasteiger partial charge in [-0.15, -0.1) is 0 Å². The molecule has 2 saturated heterocycles. The van der Waals surface area contributed by atoms with Crippen molar-refractivity contribution < 1.29 is 8.42 Å². The van der Waals surface area contributed by atoms with Crippen molar-refractivity contribution in [3.63, 3.8) is 0 Å². The largest absolute Gasteiger partial charge is 0.313 e. The van der Waals surface area contributed by atoms with Gasteiger partial charge in [0.2, 0.25) is 0 Å². The molecule has 2 heterocycles. The maximum atomic E-state index is 11.6. The number of rotatable bonds is 5. The first-order chi connectivity index (χ1) is 9.12. The van der Waals surface area contributed by atoms with Crippen LogP contribution in [0.4, 0.5) is 0 Å². The SMILES string of the molecule is O=S1(=O)CCC(N(CC2CC2)CC2CCCN2)CC1. The van der Waals surface area contributed by atoms with E-state index < -0.39 is 9.84 Å². The first-order valence-corrected chi connectivity index (χ1v) is 9.62. The third-order valence-corrected chi connectivity index (χ3v) is 6.56. The van der Waals surface area contributed by atoms with Crippen LogP contribution in [0, 0.1) is 5.92 Å². The zero-order chi connectivity index (χ0) is 13.3. The molecule has 1 unspecified atom stereocenters. The lowest BCUT2D eigenvalue weighted by Gasteiger charge is -2.36. The van der Waals surface area contributed by atoms with Crippen molar-refractivity contribution in [2.75, 3.05) is 31.1 Å². The van der Waals surface area contributed by atoms with Crippen LogP contribution in [0.1, 0.15) is 38.5 Å². The average molecular weight is 286 g/mol. The van der Waals surface area contributed by atoms with Crippen LogP contribution in [-0.2, 0) is 9.84 Å². The minimum atomic E-state index is -2.73. The zero-order valence-corrected chi connectivity index (χ0v) is 12.5. The Bertz CT molecular complexity index is 386. The van der Waals surface area contributed by atoms with E-state index in [0.717, 1.165) is 31.8 Å². The van der Waals surface area contributed by atoms with Crippen molar-refractivity contribution >= 4 is 9.84 Å². The van der Waals surface area contributed by atoms with Gasteiger partial charge in [0.15, 0.2) is 0 Å². The molecule has 110 valence electrons. The molecule has 0 bridgehead atoms. The molecule has 1 N–H and O–H groups in total. The number of sulfone groups is 1. The summed E-state index contributed by atoms with van der Waals surface area (Å²) in [6.07, 6.45) is 7.02. The molecule has 0 aromatic carbocycles. The summed E-state index contributed by atoms with van der Waals surface area (Å²) in [5.41, 5.74) is 0. The molecule has 3 aliphatic rings. The standard InChI is InChI=1S/C14H26N2O2S/c17-19(18)8-5-14(6-9-19)16(10-12-3-4-12)11-13-2-1-7-15-13/h12-15H,1-11H2. The summed E-state index contributed by atoms with van der Waals surface area (Å²) in [6.45, 7) is 3.48. The number of nitrogens with zero attached hydrogens (tertiary/aromatic N) is 1. The molecule has 1 aliphatic carbocycles. The topological polar surface area (TPSA) is 49.4 Å². The molecule has 0 amide bonds.